The molecule has 0 saturated heterocycles. The van der Waals surface area contributed by atoms with Crippen molar-refractivity contribution in [2.24, 2.45) is 5.92 Å². The Balaban J connectivity index is 3.43. The summed E-state index contributed by atoms with van der Waals surface area (Å²) in [5.41, 5.74) is 5.99. The smallest absolute Gasteiger partial charge is 0.180 e. The van der Waals surface area contributed by atoms with Gasteiger partial charge in [0.05, 0.1) is 10.6 Å². The molecule has 0 aliphatic carbocycles. The predicted octanol–water partition coefficient (Wildman–Crippen LogP) is 2.78. The van der Waals surface area contributed by atoms with Crippen LogP contribution in [0.3, 0.4) is 0 Å². The second-order valence-electron chi connectivity index (χ2n) is 5.25. The largest absolute Gasteiger partial charge is 0.396 e. The molecule has 114 valence electrons. The number of thiophene rings is 1. The summed E-state index contributed by atoms with van der Waals surface area (Å²) >= 11 is 1.13. The molecule has 3 N–H and O–H groups in total. The quantitative estimate of drug-likeness (QED) is 0.787. The van der Waals surface area contributed by atoms with Crippen LogP contribution < -0.4 is 11.1 Å². The summed E-state index contributed by atoms with van der Waals surface area (Å²) in [6.45, 7) is 7.48. The van der Waals surface area contributed by atoms with Crippen LogP contribution in [0, 0.1) is 5.92 Å². The fraction of sp³-hybridized carbons (Fsp3) is 0.615. The predicted molar refractivity (Wildman–Crippen MR) is 84.4 cm³/mol. The Labute approximate surface area is 124 Å². The number of nitrogens with one attached hydrogen (secondary N) is 1. The summed E-state index contributed by atoms with van der Waals surface area (Å²) in [6.07, 6.45) is 1.95. The van der Waals surface area contributed by atoms with Gasteiger partial charge in [-0.1, -0.05) is 20.8 Å². The average Bonchev–Trinajstić information content (AvgIpc) is 2.64. The fourth-order valence-electron chi connectivity index (χ4n) is 1.66. The van der Waals surface area contributed by atoms with Crippen LogP contribution in [0.25, 0.3) is 0 Å². The zero-order chi connectivity index (χ0) is 15.7. The van der Waals surface area contributed by atoms with Gasteiger partial charge >= 0.3 is 0 Å². The van der Waals surface area contributed by atoms with Crippen molar-refractivity contribution in [3.05, 3.63) is 4.88 Å². The SMILES string of the molecule is CCC(C)Nc1sc(C(=O)C(C)C)c(N)c1S(C)(=O)=O. The summed E-state index contributed by atoms with van der Waals surface area (Å²) in [6, 6.07) is 0.107. The summed E-state index contributed by atoms with van der Waals surface area (Å²) < 4.78 is 23.9. The van der Waals surface area contributed by atoms with Crippen LogP contribution >= 0.6 is 11.3 Å². The van der Waals surface area contributed by atoms with Gasteiger partial charge in [0.1, 0.15) is 9.90 Å². The lowest BCUT2D eigenvalue weighted by Gasteiger charge is -2.12. The Morgan fingerprint density at radius 1 is 1.35 bits per heavy atom. The van der Waals surface area contributed by atoms with Gasteiger partial charge in [0, 0.05) is 18.2 Å². The number of rotatable bonds is 6. The maximum absolute atomic E-state index is 12.1. The van der Waals surface area contributed by atoms with E-state index in [2.05, 4.69) is 5.32 Å². The van der Waals surface area contributed by atoms with E-state index in [1.54, 1.807) is 13.8 Å². The molecular weight excluding hydrogens is 296 g/mol. The minimum atomic E-state index is -3.49. The summed E-state index contributed by atoms with van der Waals surface area (Å²) in [7, 11) is -3.49. The average molecular weight is 318 g/mol. The molecule has 1 heterocycles. The van der Waals surface area contributed by atoms with Crippen LogP contribution in [-0.2, 0) is 9.84 Å². The molecule has 0 aliphatic heterocycles. The molecule has 0 radical (unpaired) electrons. The van der Waals surface area contributed by atoms with Gasteiger partial charge in [-0.25, -0.2) is 8.42 Å². The van der Waals surface area contributed by atoms with E-state index in [1.165, 1.54) is 0 Å². The Hall–Kier alpha value is -1.08. The van der Waals surface area contributed by atoms with E-state index in [0.29, 0.717) is 9.88 Å². The number of anilines is 2. The first-order valence-corrected chi connectivity index (χ1v) is 9.23. The highest BCUT2D eigenvalue weighted by Crippen LogP contribution is 2.40. The third kappa shape index (κ3) is 3.52. The third-order valence-corrected chi connectivity index (χ3v) is 5.45. The van der Waals surface area contributed by atoms with Gasteiger partial charge < -0.3 is 11.1 Å². The van der Waals surface area contributed by atoms with E-state index < -0.39 is 9.84 Å². The number of ketones is 1. The van der Waals surface area contributed by atoms with Crippen molar-refractivity contribution in [1.82, 2.24) is 0 Å². The van der Waals surface area contributed by atoms with Crippen LogP contribution in [0.5, 0.6) is 0 Å². The normalized spacial score (nSPS) is 13.5. The molecular formula is C13H22N2O3S2. The molecule has 0 amide bonds. The van der Waals surface area contributed by atoms with Crippen LogP contribution in [0.1, 0.15) is 43.8 Å². The van der Waals surface area contributed by atoms with Crippen molar-refractivity contribution in [2.45, 2.75) is 45.1 Å². The molecule has 5 nitrogen and oxygen atoms in total. The lowest BCUT2D eigenvalue weighted by molar-refractivity contribution is 0.0944. The number of Topliss-reactive ketones (excluding diaryl/α,β-unsaturated/α-hetero) is 1. The molecule has 0 fully saturated rings. The second kappa shape index (κ2) is 6.13. The summed E-state index contributed by atoms with van der Waals surface area (Å²) in [5.74, 6) is -0.352. The van der Waals surface area contributed by atoms with Crippen LogP contribution in [0.4, 0.5) is 10.7 Å². The molecule has 0 bridgehead atoms. The molecule has 0 saturated carbocycles. The fourth-order valence-corrected chi connectivity index (χ4v) is 4.42. The van der Waals surface area contributed by atoms with Crippen LogP contribution in [0.2, 0.25) is 0 Å². The maximum atomic E-state index is 12.1. The first-order chi connectivity index (χ1) is 9.09. The van der Waals surface area contributed by atoms with Gasteiger partial charge in [-0.15, -0.1) is 11.3 Å². The highest BCUT2D eigenvalue weighted by molar-refractivity contribution is 7.91. The first kappa shape index (κ1) is 17.0. The second-order valence-corrected chi connectivity index (χ2v) is 8.22. The standard InChI is InChI=1S/C13H22N2O3S2/c1-6-8(4)15-13-12(20(5,17)18)9(14)11(19-13)10(16)7(2)3/h7-8,15H,6,14H2,1-5H3. The van der Waals surface area contributed by atoms with Gasteiger partial charge in [-0.3, -0.25) is 4.79 Å². The van der Waals surface area contributed by atoms with Crippen molar-refractivity contribution in [3.63, 3.8) is 0 Å². The Bertz CT molecular complexity index is 603. The van der Waals surface area contributed by atoms with Gasteiger partial charge in [0.2, 0.25) is 0 Å². The lowest BCUT2D eigenvalue weighted by Crippen LogP contribution is -2.14. The zero-order valence-electron chi connectivity index (χ0n) is 12.5. The van der Waals surface area contributed by atoms with E-state index in [-0.39, 0.29) is 28.3 Å². The van der Waals surface area contributed by atoms with E-state index in [0.717, 1.165) is 24.0 Å². The molecule has 20 heavy (non-hydrogen) atoms. The van der Waals surface area contributed by atoms with E-state index in [9.17, 15) is 13.2 Å². The first-order valence-electron chi connectivity index (χ1n) is 6.52. The van der Waals surface area contributed by atoms with E-state index in [4.69, 9.17) is 5.73 Å². The molecule has 1 unspecified atom stereocenters. The molecule has 1 rings (SSSR count). The summed E-state index contributed by atoms with van der Waals surface area (Å²) in [5, 5.41) is 3.59. The molecule has 1 aromatic rings. The van der Waals surface area contributed by atoms with E-state index >= 15 is 0 Å². The van der Waals surface area contributed by atoms with Gasteiger partial charge in [-0.2, -0.15) is 0 Å². The van der Waals surface area contributed by atoms with Crippen LogP contribution in [-0.4, -0.2) is 26.5 Å². The number of nitrogen functional groups attached to an aromatic ring is 1. The topological polar surface area (TPSA) is 89.3 Å². The number of sulfone groups is 1. The third-order valence-electron chi connectivity index (χ3n) is 3.01. The van der Waals surface area contributed by atoms with Crippen LogP contribution in [0.15, 0.2) is 4.90 Å². The monoisotopic (exact) mass is 318 g/mol. The van der Waals surface area contributed by atoms with Crippen molar-refractivity contribution >= 4 is 37.6 Å². The van der Waals surface area contributed by atoms with Gasteiger partial charge in [0.25, 0.3) is 0 Å². The highest BCUT2D eigenvalue weighted by Gasteiger charge is 2.28. The van der Waals surface area contributed by atoms with Crippen molar-refractivity contribution in [3.8, 4) is 0 Å². The number of carbonyl (C=O) groups excluding carboxylic acids is 1. The van der Waals surface area contributed by atoms with Crippen molar-refractivity contribution < 1.29 is 13.2 Å². The minimum Gasteiger partial charge on any atom is -0.396 e. The Morgan fingerprint density at radius 2 is 1.90 bits per heavy atom. The van der Waals surface area contributed by atoms with Crippen molar-refractivity contribution in [1.29, 1.82) is 0 Å². The highest BCUT2D eigenvalue weighted by atomic mass is 32.2. The number of hydrogen-bond acceptors (Lipinski definition) is 6. The molecule has 0 aromatic carbocycles. The Kier molecular flexibility index (Phi) is 5.21. The minimum absolute atomic E-state index is 0.0480. The number of carbonyl (C=O) groups is 1. The molecule has 7 heteroatoms. The number of hydrogen-bond donors (Lipinski definition) is 2. The lowest BCUT2D eigenvalue weighted by atomic mass is 10.1. The van der Waals surface area contributed by atoms with E-state index in [1.807, 2.05) is 13.8 Å². The number of nitrogens with two attached hydrogens (primary N) is 1. The maximum Gasteiger partial charge on any atom is 0.180 e. The molecule has 1 aromatic heterocycles. The molecule has 1 atom stereocenters. The zero-order valence-corrected chi connectivity index (χ0v) is 14.1. The van der Waals surface area contributed by atoms with Gasteiger partial charge in [-0.05, 0) is 13.3 Å². The van der Waals surface area contributed by atoms with Gasteiger partial charge in [0.15, 0.2) is 15.6 Å². The Morgan fingerprint density at radius 3 is 2.30 bits per heavy atom. The van der Waals surface area contributed by atoms with Crippen molar-refractivity contribution in [2.75, 3.05) is 17.3 Å². The molecule has 0 aliphatic rings. The molecule has 0 spiro atoms. The summed E-state index contributed by atoms with van der Waals surface area (Å²) in [4.78, 5) is 12.5.